The molecule has 0 aliphatic rings. The Kier molecular flexibility index (Phi) is 5.57. The quantitative estimate of drug-likeness (QED) is 0.593. The Labute approximate surface area is 115 Å². The van der Waals surface area contributed by atoms with Gasteiger partial charge in [0.1, 0.15) is 5.69 Å². The van der Waals surface area contributed by atoms with Crippen LogP contribution in [0.4, 0.5) is 11.4 Å². The van der Waals surface area contributed by atoms with Crippen LogP contribution in [0.3, 0.4) is 0 Å². The van der Waals surface area contributed by atoms with Gasteiger partial charge < -0.3 is 10.4 Å². The van der Waals surface area contributed by atoms with E-state index < -0.39 is 10.9 Å². The SMILES string of the molecule is CC(CCC(=O)O)CNc1ccc(Cl)cc1[N+](=O)[O-]. The molecule has 0 bridgehead atoms. The Balaban J connectivity index is 2.62. The minimum absolute atomic E-state index is 0.0852. The number of carbonyl (C=O) groups is 1. The van der Waals surface area contributed by atoms with E-state index in [0.717, 1.165) is 0 Å². The molecule has 1 aromatic carbocycles. The second-order valence-electron chi connectivity index (χ2n) is 4.34. The molecule has 0 spiro atoms. The van der Waals surface area contributed by atoms with Gasteiger partial charge in [0.15, 0.2) is 0 Å². The van der Waals surface area contributed by atoms with Gasteiger partial charge in [0.2, 0.25) is 0 Å². The molecule has 1 rings (SSSR count). The Morgan fingerprint density at radius 2 is 2.26 bits per heavy atom. The van der Waals surface area contributed by atoms with E-state index in [2.05, 4.69) is 5.32 Å². The summed E-state index contributed by atoms with van der Waals surface area (Å²) in [4.78, 5) is 20.8. The van der Waals surface area contributed by atoms with E-state index in [1.165, 1.54) is 6.07 Å². The van der Waals surface area contributed by atoms with Gasteiger partial charge in [-0.05, 0) is 24.5 Å². The van der Waals surface area contributed by atoms with E-state index in [1.54, 1.807) is 12.1 Å². The first-order valence-corrected chi connectivity index (χ1v) is 6.17. The zero-order valence-corrected chi connectivity index (χ0v) is 11.2. The number of nitrogens with one attached hydrogen (secondary N) is 1. The first-order chi connectivity index (χ1) is 8.90. The molecule has 0 aliphatic carbocycles. The van der Waals surface area contributed by atoms with Crippen molar-refractivity contribution in [1.82, 2.24) is 0 Å². The number of rotatable bonds is 7. The zero-order valence-electron chi connectivity index (χ0n) is 10.4. The fourth-order valence-electron chi connectivity index (χ4n) is 1.56. The van der Waals surface area contributed by atoms with Crippen molar-refractivity contribution in [3.63, 3.8) is 0 Å². The third-order valence-corrected chi connectivity index (χ3v) is 2.88. The van der Waals surface area contributed by atoms with E-state index >= 15 is 0 Å². The van der Waals surface area contributed by atoms with Gasteiger partial charge in [-0.3, -0.25) is 14.9 Å². The molecule has 0 fully saturated rings. The first-order valence-electron chi connectivity index (χ1n) is 5.79. The van der Waals surface area contributed by atoms with Gasteiger partial charge in [-0.15, -0.1) is 0 Å². The highest BCUT2D eigenvalue weighted by atomic mass is 35.5. The largest absolute Gasteiger partial charge is 0.481 e. The van der Waals surface area contributed by atoms with Gasteiger partial charge in [-0.2, -0.15) is 0 Å². The molecule has 0 heterocycles. The lowest BCUT2D eigenvalue weighted by molar-refractivity contribution is -0.383. The van der Waals surface area contributed by atoms with Crippen molar-refractivity contribution in [2.24, 2.45) is 5.92 Å². The molecule has 0 radical (unpaired) electrons. The molecule has 104 valence electrons. The van der Waals surface area contributed by atoms with Crippen molar-refractivity contribution in [3.8, 4) is 0 Å². The summed E-state index contributed by atoms with van der Waals surface area (Å²) in [6.07, 6.45) is 0.606. The second kappa shape index (κ2) is 6.94. The van der Waals surface area contributed by atoms with Crippen molar-refractivity contribution in [1.29, 1.82) is 0 Å². The highest BCUT2D eigenvalue weighted by Crippen LogP contribution is 2.28. The predicted octanol–water partition coefficient (Wildman–Crippen LogP) is 3.16. The summed E-state index contributed by atoms with van der Waals surface area (Å²) >= 11 is 5.71. The highest BCUT2D eigenvalue weighted by molar-refractivity contribution is 6.30. The number of carboxylic acid groups (broad SMARTS) is 1. The number of nitro benzene ring substituents is 1. The Bertz CT molecular complexity index is 479. The van der Waals surface area contributed by atoms with Crippen LogP contribution in [-0.4, -0.2) is 22.5 Å². The summed E-state index contributed by atoms with van der Waals surface area (Å²) in [7, 11) is 0. The average molecular weight is 287 g/mol. The molecular formula is C12H15ClN2O4. The maximum atomic E-state index is 10.9. The predicted molar refractivity (Wildman–Crippen MR) is 72.6 cm³/mol. The molecular weight excluding hydrogens is 272 g/mol. The number of hydrogen-bond acceptors (Lipinski definition) is 4. The molecule has 6 nitrogen and oxygen atoms in total. The lowest BCUT2D eigenvalue weighted by Crippen LogP contribution is -2.13. The van der Waals surface area contributed by atoms with Crippen LogP contribution in [0.2, 0.25) is 5.02 Å². The van der Waals surface area contributed by atoms with Crippen LogP contribution in [0, 0.1) is 16.0 Å². The van der Waals surface area contributed by atoms with Crippen molar-refractivity contribution in [2.45, 2.75) is 19.8 Å². The molecule has 0 saturated heterocycles. The van der Waals surface area contributed by atoms with Crippen LogP contribution in [0.25, 0.3) is 0 Å². The van der Waals surface area contributed by atoms with Crippen LogP contribution >= 0.6 is 11.6 Å². The van der Waals surface area contributed by atoms with Crippen molar-refractivity contribution < 1.29 is 14.8 Å². The van der Waals surface area contributed by atoms with Crippen molar-refractivity contribution >= 4 is 28.9 Å². The molecule has 0 saturated carbocycles. The molecule has 1 unspecified atom stereocenters. The van der Waals surface area contributed by atoms with Gasteiger partial charge in [-0.25, -0.2) is 0 Å². The number of hydrogen-bond donors (Lipinski definition) is 2. The normalized spacial score (nSPS) is 11.9. The van der Waals surface area contributed by atoms with Gasteiger partial charge in [0.05, 0.1) is 4.92 Å². The summed E-state index contributed by atoms with van der Waals surface area (Å²) in [6.45, 7) is 2.35. The van der Waals surface area contributed by atoms with E-state index in [1.807, 2.05) is 6.92 Å². The zero-order chi connectivity index (χ0) is 14.4. The Morgan fingerprint density at radius 1 is 1.58 bits per heavy atom. The molecule has 0 aliphatic heterocycles. The number of nitrogens with zero attached hydrogens (tertiary/aromatic N) is 1. The third kappa shape index (κ3) is 5.13. The van der Waals surface area contributed by atoms with Gasteiger partial charge in [0.25, 0.3) is 5.69 Å². The number of anilines is 1. The Hall–Kier alpha value is -1.82. The fourth-order valence-corrected chi connectivity index (χ4v) is 1.73. The Morgan fingerprint density at radius 3 is 2.84 bits per heavy atom. The standard InChI is InChI=1S/C12H15ClN2O4/c1-8(2-5-12(16)17)7-14-10-4-3-9(13)6-11(10)15(18)19/h3-4,6,8,14H,2,5,7H2,1H3,(H,16,17). The topological polar surface area (TPSA) is 92.5 Å². The lowest BCUT2D eigenvalue weighted by Gasteiger charge is -2.12. The number of benzene rings is 1. The van der Waals surface area contributed by atoms with E-state index in [-0.39, 0.29) is 18.0 Å². The van der Waals surface area contributed by atoms with Gasteiger partial charge >= 0.3 is 5.97 Å². The van der Waals surface area contributed by atoms with Crippen LogP contribution in [-0.2, 0) is 4.79 Å². The van der Waals surface area contributed by atoms with Crippen LogP contribution in [0.1, 0.15) is 19.8 Å². The molecule has 7 heteroatoms. The van der Waals surface area contributed by atoms with E-state index in [4.69, 9.17) is 16.7 Å². The number of halogens is 1. The van der Waals surface area contributed by atoms with Gasteiger partial charge in [-0.1, -0.05) is 18.5 Å². The first kappa shape index (κ1) is 15.2. The molecule has 0 amide bonds. The van der Waals surface area contributed by atoms with Crippen LogP contribution in [0.5, 0.6) is 0 Å². The smallest absolute Gasteiger partial charge is 0.303 e. The molecule has 1 aromatic rings. The summed E-state index contributed by atoms with van der Waals surface area (Å²) in [5.74, 6) is -0.740. The van der Waals surface area contributed by atoms with Crippen molar-refractivity contribution in [2.75, 3.05) is 11.9 Å². The van der Waals surface area contributed by atoms with Gasteiger partial charge in [0, 0.05) is 24.1 Å². The number of carboxylic acids is 1. The summed E-state index contributed by atoms with van der Waals surface area (Å²) in [5, 5.41) is 22.7. The molecule has 19 heavy (non-hydrogen) atoms. The molecule has 0 aromatic heterocycles. The third-order valence-electron chi connectivity index (χ3n) is 2.65. The maximum Gasteiger partial charge on any atom is 0.303 e. The molecule has 1 atom stereocenters. The summed E-state index contributed by atoms with van der Waals surface area (Å²) in [5.41, 5.74) is 0.300. The summed E-state index contributed by atoms with van der Waals surface area (Å²) < 4.78 is 0. The molecule has 2 N–H and O–H groups in total. The number of nitro groups is 1. The van der Waals surface area contributed by atoms with Crippen molar-refractivity contribution in [3.05, 3.63) is 33.3 Å². The van der Waals surface area contributed by atoms with E-state index in [0.29, 0.717) is 23.7 Å². The van der Waals surface area contributed by atoms with E-state index in [9.17, 15) is 14.9 Å². The monoisotopic (exact) mass is 286 g/mol. The highest BCUT2D eigenvalue weighted by Gasteiger charge is 2.15. The minimum Gasteiger partial charge on any atom is -0.481 e. The maximum absolute atomic E-state index is 10.9. The summed E-state index contributed by atoms with van der Waals surface area (Å²) in [6, 6.07) is 4.40. The average Bonchev–Trinajstić information content (AvgIpc) is 2.34. The van der Waals surface area contributed by atoms with Crippen LogP contribution < -0.4 is 5.32 Å². The second-order valence-corrected chi connectivity index (χ2v) is 4.77. The minimum atomic E-state index is -0.843. The lowest BCUT2D eigenvalue weighted by atomic mass is 10.1. The number of aliphatic carboxylic acids is 1. The van der Waals surface area contributed by atoms with Crippen LogP contribution in [0.15, 0.2) is 18.2 Å². The fraction of sp³-hybridized carbons (Fsp3) is 0.417.